The average molecular weight is 380 g/mol. The summed E-state index contributed by atoms with van der Waals surface area (Å²) in [5, 5.41) is 7.09. The summed E-state index contributed by atoms with van der Waals surface area (Å²) in [6, 6.07) is 9.78. The summed E-state index contributed by atoms with van der Waals surface area (Å²) < 4.78 is 2.62. The molecule has 1 N–H and O–H groups in total. The highest BCUT2D eigenvalue weighted by molar-refractivity contribution is 5.75. The van der Waals surface area contributed by atoms with Crippen LogP contribution in [0.3, 0.4) is 0 Å². The molecule has 0 aliphatic carbocycles. The van der Waals surface area contributed by atoms with Crippen molar-refractivity contribution in [1.82, 2.24) is 19.5 Å². The van der Waals surface area contributed by atoms with Crippen LogP contribution in [0.15, 0.2) is 41.3 Å². The molecule has 0 bridgehead atoms. The van der Waals surface area contributed by atoms with Gasteiger partial charge in [0.05, 0.1) is 0 Å². The quantitative estimate of drug-likeness (QED) is 0.740. The number of amides is 1. The van der Waals surface area contributed by atoms with Crippen molar-refractivity contribution in [2.24, 2.45) is 0 Å². The van der Waals surface area contributed by atoms with E-state index in [0.717, 1.165) is 6.42 Å². The first-order valence-electron chi connectivity index (χ1n) is 9.58. The second-order valence-electron chi connectivity index (χ2n) is 8.31. The van der Waals surface area contributed by atoms with Crippen LogP contribution in [-0.2, 0) is 23.2 Å². The predicted molar refractivity (Wildman–Crippen MR) is 111 cm³/mol. The smallest absolute Gasteiger partial charge is 0.350 e. The van der Waals surface area contributed by atoms with Gasteiger partial charge in [0.15, 0.2) is 5.65 Å². The van der Waals surface area contributed by atoms with E-state index in [4.69, 9.17) is 0 Å². The number of aryl methyl sites for hydroxylation is 2. The number of hydrogen-bond acceptors (Lipinski definition) is 3. The number of aromatic nitrogens is 3. The van der Waals surface area contributed by atoms with Gasteiger partial charge in [0.2, 0.25) is 5.91 Å². The topological polar surface area (TPSA) is 68.4 Å². The Morgan fingerprint density at radius 3 is 2.43 bits per heavy atom. The molecule has 0 saturated heterocycles. The van der Waals surface area contributed by atoms with Crippen LogP contribution in [0.4, 0.5) is 0 Å². The van der Waals surface area contributed by atoms with Crippen molar-refractivity contribution in [3.63, 3.8) is 0 Å². The van der Waals surface area contributed by atoms with Gasteiger partial charge in [-0.1, -0.05) is 39.0 Å². The molecule has 148 valence electrons. The summed E-state index contributed by atoms with van der Waals surface area (Å²) in [5.41, 5.74) is 5.41. The highest BCUT2D eigenvalue weighted by Gasteiger charge is 2.16. The number of benzene rings is 1. The van der Waals surface area contributed by atoms with Crippen LogP contribution in [0.5, 0.6) is 0 Å². The lowest BCUT2D eigenvalue weighted by atomic mass is 9.83. The summed E-state index contributed by atoms with van der Waals surface area (Å²) in [5.74, 6) is -0.216. The van der Waals surface area contributed by atoms with Crippen molar-refractivity contribution < 1.29 is 4.79 Å². The molecule has 2 heterocycles. The number of carbonyl (C=O) groups is 1. The van der Waals surface area contributed by atoms with E-state index in [9.17, 15) is 9.59 Å². The fourth-order valence-corrected chi connectivity index (χ4v) is 3.41. The normalized spacial score (nSPS) is 11.8. The molecule has 0 aliphatic rings. The maximum Gasteiger partial charge on any atom is 0.350 e. The maximum absolute atomic E-state index is 12.3. The summed E-state index contributed by atoms with van der Waals surface area (Å²) in [6.45, 7) is 11.3. The third-order valence-electron chi connectivity index (χ3n) is 5.04. The second kappa shape index (κ2) is 7.62. The van der Waals surface area contributed by atoms with E-state index >= 15 is 0 Å². The van der Waals surface area contributed by atoms with Crippen LogP contribution in [0.2, 0.25) is 0 Å². The van der Waals surface area contributed by atoms with Crippen molar-refractivity contribution in [2.45, 2.75) is 53.0 Å². The first-order chi connectivity index (χ1) is 13.2. The predicted octanol–water partition coefficient (Wildman–Crippen LogP) is 2.77. The minimum absolute atomic E-state index is 0.0819. The Morgan fingerprint density at radius 1 is 1.14 bits per heavy atom. The van der Waals surface area contributed by atoms with E-state index in [-0.39, 0.29) is 23.6 Å². The largest absolute Gasteiger partial charge is 0.354 e. The van der Waals surface area contributed by atoms with Crippen LogP contribution in [0, 0.1) is 13.8 Å². The van der Waals surface area contributed by atoms with Crippen molar-refractivity contribution in [3.05, 3.63) is 69.3 Å². The number of fused-ring (bicyclic) bond motifs is 1. The Balaban J connectivity index is 1.62. The standard InChI is InChI=1S/C22H28N4O2/c1-15-12-17(22(3,4)5)13-16(2)18(15)9-10-23-20(27)14-26-21(28)25-11-7-6-8-19(25)24-26/h6-8,11-13H,9-10,14H2,1-5H3,(H,23,27). The molecule has 1 amide bonds. The van der Waals surface area contributed by atoms with Gasteiger partial charge in [0.25, 0.3) is 0 Å². The molecule has 6 nitrogen and oxygen atoms in total. The number of rotatable bonds is 5. The van der Waals surface area contributed by atoms with Crippen molar-refractivity contribution in [3.8, 4) is 0 Å². The number of nitrogens with one attached hydrogen (secondary N) is 1. The van der Waals surface area contributed by atoms with Gasteiger partial charge in [-0.15, -0.1) is 5.10 Å². The van der Waals surface area contributed by atoms with Crippen LogP contribution in [-0.4, -0.2) is 26.6 Å². The van der Waals surface area contributed by atoms with Gasteiger partial charge in [0, 0.05) is 12.7 Å². The molecule has 0 spiro atoms. The monoisotopic (exact) mass is 380 g/mol. The summed E-state index contributed by atoms with van der Waals surface area (Å²) in [6.07, 6.45) is 2.40. The first kappa shape index (κ1) is 19.9. The molecule has 0 saturated carbocycles. The zero-order valence-corrected chi connectivity index (χ0v) is 17.2. The molecule has 0 radical (unpaired) electrons. The molecule has 3 aromatic rings. The van der Waals surface area contributed by atoms with Crippen LogP contribution < -0.4 is 11.0 Å². The molecule has 0 unspecified atom stereocenters. The third-order valence-corrected chi connectivity index (χ3v) is 5.04. The molecule has 0 fully saturated rings. The highest BCUT2D eigenvalue weighted by atomic mass is 16.2. The summed E-state index contributed by atoms with van der Waals surface area (Å²) in [7, 11) is 0. The fraction of sp³-hybridized carbons (Fsp3) is 0.409. The number of carbonyl (C=O) groups excluding carboxylic acids is 1. The van der Waals surface area contributed by atoms with E-state index in [1.165, 1.54) is 31.3 Å². The molecule has 1 aromatic carbocycles. The van der Waals surface area contributed by atoms with Crippen molar-refractivity contribution in [2.75, 3.05) is 6.54 Å². The van der Waals surface area contributed by atoms with Gasteiger partial charge in [-0.2, -0.15) is 0 Å². The first-order valence-corrected chi connectivity index (χ1v) is 9.58. The lowest BCUT2D eigenvalue weighted by Crippen LogP contribution is -2.33. The zero-order valence-electron chi connectivity index (χ0n) is 17.2. The molecule has 6 heteroatoms. The Bertz CT molecular complexity index is 1050. The Hall–Kier alpha value is -2.89. The molecule has 28 heavy (non-hydrogen) atoms. The van der Waals surface area contributed by atoms with Gasteiger partial charge < -0.3 is 5.32 Å². The Kier molecular flexibility index (Phi) is 5.40. The van der Waals surface area contributed by atoms with E-state index in [1.54, 1.807) is 18.3 Å². The van der Waals surface area contributed by atoms with E-state index < -0.39 is 0 Å². The van der Waals surface area contributed by atoms with Gasteiger partial charge in [-0.25, -0.2) is 9.48 Å². The third kappa shape index (κ3) is 4.16. The summed E-state index contributed by atoms with van der Waals surface area (Å²) in [4.78, 5) is 24.5. The molecule has 2 aromatic heterocycles. The molecule has 0 atom stereocenters. The van der Waals surface area contributed by atoms with Gasteiger partial charge in [-0.3, -0.25) is 9.20 Å². The lowest BCUT2D eigenvalue weighted by Gasteiger charge is -2.22. The molecular weight excluding hydrogens is 352 g/mol. The van der Waals surface area contributed by atoms with Gasteiger partial charge in [0.1, 0.15) is 6.54 Å². The molecule has 0 aliphatic heterocycles. The van der Waals surface area contributed by atoms with E-state index in [0.29, 0.717) is 12.2 Å². The zero-order chi connectivity index (χ0) is 20.5. The van der Waals surface area contributed by atoms with Gasteiger partial charge >= 0.3 is 5.69 Å². The lowest BCUT2D eigenvalue weighted by molar-refractivity contribution is -0.121. The maximum atomic E-state index is 12.3. The van der Waals surface area contributed by atoms with Crippen molar-refractivity contribution >= 4 is 11.6 Å². The van der Waals surface area contributed by atoms with Crippen molar-refractivity contribution in [1.29, 1.82) is 0 Å². The summed E-state index contributed by atoms with van der Waals surface area (Å²) >= 11 is 0. The SMILES string of the molecule is Cc1cc(C(C)(C)C)cc(C)c1CCNC(=O)Cn1nc2ccccn2c1=O. The van der Waals surface area contributed by atoms with E-state index in [1.807, 2.05) is 6.07 Å². The number of pyridine rings is 1. The Morgan fingerprint density at radius 2 is 1.82 bits per heavy atom. The molecule has 3 rings (SSSR count). The fourth-order valence-electron chi connectivity index (χ4n) is 3.41. The van der Waals surface area contributed by atoms with Crippen LogP contribution in [0.1, 0.15) is 43.0 Å². The molecular formula is C22H28N4O2. The number of hydrogen-bond donors (Lipinski definition) is 1. The van der Waals surface area contributed by atoms with E-state index in [2.05, 4.69) is 57.2 Å². The number of nitrogens with zero attached hydrogens (tertiary/aromatic N) is 3. The minimum atomic E-state index is -0.310. The Labute approximate surface area is 165 Å². The minimum Gasteiger partial charge on any atom is -0.354 e. The van der Waals surface area contributed by atoms with Gasteiger partial charge in [-0.05, 0) is 60.1 Å². The van der Waals surface area contributed by atoms with Crippen LogP contribution in [0.25, 0.3) is 5.65 Å². The van der Waals surface area contributed by atoms with Crippen LogP contribution >= 0.6 is 0 Å². The second-order valence-corrected chi connectivity index (χ2v) is 8.31. The average Bonchev–Trinajstić information content (AvgIpc) is 2.92. The highest BCUT2D eigenvalue weighted by Crippen LogP contribution is 2.27.